The molecule has 128 valence electrons. The largest absolute Gasteiger partial charge is 0.490 e. The third-order valence-electron chi connectivity index (χ3n) is 4.15. The molecule has 2 amide bonds. The van der Waals surface area contributed by atoms with E-state index < -0.39 is 0 Å². The lowest BCUT2D eigenvalue weighted by molar-refractivity contribution is 0.262. The van der Waals surface area contributed by atoms with E-state index in [1.165, 1.54) is 0 Å². The molecule has 0 fully saturated rings. The van der Waals surface area contributed by atoms with Gasteiger partial charge in [0.2, 0.25) is 0 Å². The lowest BCUT2D eigenvalue weighted by Crippen LogP contribution is -2.19. The topological polar surface area (TPSA) is 64.5 Å². The normalized spacial score (nSPS) is 13.3. The van der Waals surface area contributed by atoms with Crippen LogP contribution in [0.5, 0.6) is 11.5 Å². The van der Waals surface area contributed by atoms with Gasteiger partial charge in [-0.1, -0.05) is 0 Å². The van der Waals surface area contributed by atoms with Crippen LogP contribution in [-0.2, 0) is 7.05 Å². The molecule has 1 aromatic heterocycles. The summed E-state index contributed by atoms with van der Waals surface area (Å²) in [4.78, 5) is 12.3. The van der Waals surface area contributed by atoms with E-state index in [9.17, 15) is 4.79 Å². The molecule has 6 nitrogen and oxygen atoms in total. The molecular weight excluding hydrogens is 318 g/mol. The SMILES string of the molecule is Cn1ccc2cc(NC(=O)Nc3ccc4c(c3)OCCCO4)ccc21. The van der Waals surface area contributed by atoms with E-state index in [0.717, 1.165) is 23.0 Å². The summed E-state index contributed by atoms with van der Waals surface area (Å²) in [7, 11) is 1.99. The second-order valence-corrected chi connectivity index (χ2v) is 5.99. The Labute approximate surface area is 145 Å². The molecule has 2 heterocycles. The van der Waals surface area contributed by atoms with Gasteiger partial charge in [-0.05, 0) is 36.4 Å². The third-order valence-corrected chi connectivity index (χ3v) is 4.15. The molecule has 0 radical (unpaired) electrons. The van der Waals surface area contributed by atoms with Gasteiger partial charge in [-0.25, -0.2) is 4.79 Å². The van der Waals surface area contributed by atoms with Gasteiger partial charge in [0, 0.05) is 48.0 Å². The van der Waals surface area contributed by atoms with Gasteiger partial charge >= 0.3 is 6.03 Å². The molecule has 1 aliphatic heterocycles. The number of carbonyl (C=O) groups excluding carboxylic acids is 1. The molecule has 4 rings (SSSR count). The second-order valence-electron chi connectivity index (χ2n) is 5.99. The highest BCUT2D eigenvalue weighted by Crippen LogP contribution is 2.32. The Hall–Kier alpha value is -3.15. The number of urea groups is 1. The molecule has 0 saturated carbocycles. The number of nitrogens with one attached hydrogen (secondary N) is 2. The molecule has 0 unspecified atom stereocenters. The zero-order valence-corrected chi connectivity index (χ0v) is 13.9. The maximum Gasteiger partial charge on any atom is 0.323 e. The van der Waals surface area contributed by atoms with Crippen molar-refractivity contribution in [1.29, 1.82) is 0 Å². The summed E-state index contributed by atoms with van der Waals surface area (Å²) in [5, 5.41) is 6.76. The average molecular weight is 337 g/mol. The number of amides is 2. The van der Waals surface area contributed by atoms with Crippen molar-refractivity contribution in [3.63, 3.8) is 0 Å². The quantitative estimate of drug-likeness (QED) is 0.743. The van der Waals surface area contributed by atoms with Crippen LogP contribution in [0.25, 0.3) is 10.9 Å². The zero-order valence-electron chi connectivity index (χ0n) is 13.9. The van der Waals surface area contributed by atoms with Crippen LogP contribution in [0.1, 0.15) is 6.42 Å². The summed E-state index contributed by atoms with van der Waals surface area (Å²) < 4.78 is 13.3. The number of nitrogens with zero attached hydrogens (tertiary/aromatic N) is 1. The Balaban J connectivity index is 1.47. The van der Waals surface area contributed by atoms with Crippen LogP contribution < -0.4 is 20.1 Å². The molecule has 0 spiro atoms. The average Bonchev–Trinajstić information content (AvgIpc) is 2.81. The van der Waals surface area contributed by atoms with E-state index >= 15 is 0 Å². The highest BCUT2D eigenvalue weighted by Gasteiger charge is 2.12. The fourth-order valence-corrected chi connectivity index (χ4v) is 2.89. The summed E-state index contributed by atoms with van der Waals surface area (Å²) in [6, 6.07) is 12.9. The number of ether oxygens (including phenoxy) is 2. The number of anilines is 2. The maximum atomic E-state index is 12.3. The summed E-state index contributed by atoms with van der Waals surface area (Å²) in [5.41, 5.74) is 2.52. The Morgan fingerprint density at radius 3 is 2.52 bits per heavy atom. The lowest BCUT2D eigenvalue weighted by Gasteiger charge is -2.11. The van der Waals surface area contributed by atoms with Crippen LogP contribution >= 0.6 is 0 Å². The number of carbonyl (C=O) groups is 1. The van der Waals surface area contributed by atoms with Gasteiger partial charge in [-0.2, -0.15) is 0 Å². The van der Waals surface area contributed by atoms with Crippen LogP contribution in [0.3, 0.4) is 0 Å². The van der Waals surface area contributed by atoms with Crippen molar-refractivity contribution >= 4 is 28.3 Å². The van der Waals surface area contributed by atoms with Gasteiger partial charge < -0.3 is 24.7 Å². The number of fused-ring (bicyclic) bond motifs is 2. The predicted octanol–water partition coefficient (Wildman–Crippen LogP) is 3.98. The molecule has 0 atom stereocenters. The minimum absolute atomic E-state index is 0.301. The van der Waals surface area contributed by atoms with Crippen molar-refractivity contribution in [2.45, 2.75) is 6.42 Å². The maximum absolute atomic E-state index is 12.3. The van der Waals surface area contributed by atoms with Crippen molar-refractivity contribution in [2.75, 3.05) is 23.8 Å². The van der Waals surface area contributed by atoms with Crippen molar-refractivity contribution in [2.24, 2.45) is 7.05 Å². The molecule has 0 saturated heterocycles. The number of aromatic nitrogens is 1. The standard InChI is InChI=1S/C19H19N3O3/c1-22-8-7-13-11-14(3-5-16(13)22)20-19(23)21-15-4-6-17-18(12-15)25-10-2-9-24-17/h3-8,11-12H,2,9-10H2,1H3,(H2,20,21,23). The Bertz CT molecular complexity index is 933. The molecule has 2 N–H and O–H groups in total. The van der Waals surface area contributed by atoms with Crippen LogP contribution in [0.4, 0.5) is 16.2 Å². The van der Waals surface area contributed by atoms with E-state index in [1.54, 1.807) is 12.1 Å². The number of hydrogen-bond acceptors (Lipinski definition) is 3. The fraction of sp³-hybridized carbons (Fsp3) is 0.211. The monoisotopic (exact) mass is 337 g/mol. The molecular formula is C19H19N3O3. The van der Waals surface area contributed by atoms with E-state index in [4.69, 9.17) is 9.47 Å². The van der Waals surface area contributed by atoms with Crippen molar-refractivity contribution in [1.82, 2.24) is 4.57 Å². The molecule has 0 bridgehead atoms. The van der Waals surface area contributed by atoms with Gasteiger partial charge in [-0.15, -0.1) is 0 Å². The second kappa shape index (κ2) is 6.39. The number of benzene rings is 2. The first-order valence-electron chi connectivity index (χ1n) is 8.22. The van der Waals surface area contributed by atoms with E-state index in [-0.39, 0.29) is 6.03 Å². The minimum Gasteiger partial charge on any atom is -0.490 e. The van der Waals surface area contributed by atoms with Crippen molar-refractivity contribution < 1.29 is 14.3 Å². The molecule has 2 aromatic carbocycles. The van der Waals surface area contributed by atoms with Gasteiger partial charge in [-0.3, -0.25) is 0 Å². The van der Waals surface area contributed by atoms with Gasteiger partial charge in [0.15, 0.2) is 11.5 Å². The van der Waals surface area contributed by atoms with Crippen LogP contribution in [0.2, 0.25) is 0 Å². The molecule has 0 aliphatic carbocycles. The molecule has 3 aromatic rings. The summed E-state index contributed by atoms with van der Waals surface area (Å²) in [6.07, 6.45) is 2.84. The Morgan fingerprint density at radius 2 is 1.68 bits per heavy atom. The molecule has 25 heavy (non-hydrogen) atoms. The third kappa shape index (κ3) is 3.24. The van der Waals surface area contributed by atoms with Crippen LogP contribution in [-0.4, -0.2) is 23.8 Å². The lowest BCUT2D eigenvalue weighted by atomic mass is 10.2. The first kappa shape index (κ1) is 15.4. The number of hydrogen-bond donors (Lipinski definition) is 2. The summed E-state index contributed by atoms with van der Waals surface area (Å²) >= 11 is 0. The minimum atomic E-state index is -0.301. The predicted molar refractivity (Wildman–Crippen MR) is 97.6 cm³/mol. The summed E-state index contributed by atoms with van der Waals surface area (Å²) in [5.74, 6) is 1.36. The van der Waals surface area contributed by atoms with Gasteiger partial charge in [0.1, 0.15) is 0 Å². The van der Waals surface area contributed by atoms with E-state index in [0.29, 0.717) is 30.4 Å². The van der Waals surface area contributed by atoms with Crippen LogP contribution in [0, 0.1) is 0 Å². The first-order valence-corrected chi connectivity index (χ1v) is 8.22. The molecule has 1 aliphatic rings. The van der Waals surface area contributed by atoms with E-state index in [2.05, 4.69) is 10.6 Å². The Morgan fingerprint density at radius 1 is 0.960 bits per heavy atom. The number of aryl methyl sites for hydroxylation is 1. The first-order chi connectivity index (χ1) is 12.2. The van der Waals surface area contributed by atoms with Gasteiger partial charge in [0.25, 0.3) is 0 Å². The van der Waals surface area contributed by atoms with Crippen molar-refractivity contribution in [3.8, 4) is 11.5 Å². The Kier molecular flexibility index (Phi) is 3.93. The van der Waals surface area contributed by atoms with Crippen LogP contribution in [0.15, 0.2) is 48.7 Å². The fourth-order valence-electron chi connectivity index (χ4n) is 2.89. The van der Waals surface area contributed by atoms with Crippen molar-refractivity contribution in [3.05, 3.63) is 48.7 Å². The van der Waals surface area contributed by atoms with E-state index in [1.807, 2.05) is 48.1 Å². The summed E-state index contributed by atoms with van der Waals surface area (Å²) in [6.45, 7) is 1.25. The smallest absolute Gasteiger partial charge is 0.323 e. The highest BCUT2D eigenvalue weighted by atomic mass is 16.5. The zero-order chi connectivity index (χ0) is 17.2. The van der Waals surface area contributed by atoms with Gasteiger partial charge in [0.05, 0.1) is 13.2 Å². The highest BCUT2D eigenvalue weighted by molar-refractivity contribution is 6.01. The number of rotatable bonds is 2. The molecule has 6 heteroatoms.